The zero-order valence-corrected chi connectivity index (χ0v) is 16.3. The largest absolute Gasteiger partial charge is 0.490 e. The van der Waals surface area contributed by atoms with E-state index in [0.29, 0.717) is 23.9 Å². The monoisotopic (exact) mass is 386 g/mol. The molecular formula is C21H23ClN2O3. The van der Waals surface area contributed by atoms with Gasteiger partial charge in [-0.2, -0.15) is 0 Å². The Hall–Kier alpha value is -2.53. The summed E-state index contributed by atoms with van der Waals surface area (Å²) in [7, 11) is 1.74. The Morgan fingerprint density at radius 1 is 1.22 bits per heavy atom. The van der Waals surface area contributed by atoms with E-state index >= 15 is 0 Å². The van der Waals surface area contributed by atoms with E-state index in [0.717, 1.165) is 24.1 Å². The van der Waals surface area contributed by atoms with Crippen molar-refractivity contribution in [2.24, 2.45) is 7.05 Å². The van der Waals surface area contributed by atoms with Crippen LogP contribution in [0.3, 0.4) is 0 Å². The molecule has 0 unspecified atom stereocenters. The fourth-order valence-electron chi connectivity index (χ4n) is 3.07. The number of aryl methyl sites for hydroxylation is 1. The van der Waals surface area contributed by atoms with Gasteiger partial charge in [0.25, 0.3) is 5.56 Å². The maximum Gasteiger partial charge on any atom is 0.254 e. The van der Waals surface area contributed by atoms with Crippen LogP contribution in [0.4, 0.5) is 0 Å². The van der Waals surface area contributed by atoms with Crippen LogP contribution in [0.5, 0.6) is 5.75 Å². The quantitative estimate of drug-likeness (QED) is 0.756. The Bertz CT molecular complexity index is 912. The first kappa shape index (κ1) is 19.2. The number of benzene rings is 1. The normalized spacial score (nSPS) is 15.3. The summed E-state index contributed by atoms with van der Waals surface area (Å²) < 4.78 is 7.54. The average molecular weight is 387 g/mol. The van der Waals surface area contributed by atoms with Gasteiger partial charge in [0.2, 0.25) is 5.91 Å². The minimum Gasteiger partial charge on any atom is -0.490 e. The van der Waals surface area contributed by atoms with E-state index in [1.807, 2.05) is 36.1 Å². The van der Waals surface area contributed by atoms with Crippen molar-refractivity contribution in [1.29, 1.82) is 0 Å². The lowest BCUT2D eigenvalue weighted by molar-refractivity contribution is -0.127. The minimum absolute atomic E-state index is 0.00750. The highest BCUT2D eigenvalue weighted by molar-refractivity contribution is 6.32. The van der Waals surface area contributed by atoms with E-state index in [2.05, 4.69) is 0 Å². The van der Waals surface area contributed by atoms with Gasteiger partial charge in [0.15, 0.2) is 0 Å². The third-order valence-electron chi connectivity index (χ3n) is 4.84. The predicted molar refractivity (Wildman–Crippen MR) is 107 cm³/mol. The van der Waals surface area contributed by atoms with Crippen LogP contribution >= 0.6 is 11.6 Å². The highest BCUT2D eigenvalue weighted by Crippen LogP contribution is 2.20. The summed E-state index contributed by atoms with van der Waals surface area (Å²) in [5, 5.41) is 0.623. The van der Waals surface area contributed by atoms with Crippen LogP contribution in [0.25, 0.3) is 6.08 Å². The Labute approximate surface area is 163 Å². The topological polar surface area (TPSA) is 51.5 Å². The lowest BCUT2D eigenvalue weighted by Gasteiger charge is -2.31. The molecule has 0 N–H and O–H groups in total. The van der Waals surface area contributed by atoms with Crippen molar-refractivity contribution in [2.75, 3.05) is 13.1 Å². The van der Waals surface area contributed by atoms with E-state index in [-0.39, 0.29) is 17.6 Å². The number of aromatic nitrogens is 1. The van der Waals surface area contributed by atoms with Gasteiger partial charge in [-0.15, -0.1) is 0 Å². The molecule has 0 spiro atoms. The van der Waals surface area contributed by atoms with Crippen LogP contribution in [-0.4, -0.2) is 34.6 Å². The minimum atomic E-state index is -0.0812. The molecule has 2 heterocycles. The fourth-order valence-corrected chi connectivity index (χ4v) is 3.27. The summed E-state index contributed by atoms with van der Waals surface area (Å²) in [5.74, 6) is 0.566. The summed E-state index contributed by atoms with van der Waals surface area (Å²) in [5.41, 5.74) is 1.60. The molecule has 6 heteroatoms. The second-order valence-electron chi connectivity index (χ2n) is 6.73. The third kappa shape index (κ3) is 4.80. The molecule has 0 saturated carbocycles. The molecule has 27 heavy (non-hydrogen) atoms. The molecule has 5 nitrogen and oxygen atoms in total. The number of likely N-dealkylation sites (tertiary alicyclic amines) is 1. The number of carbonyl (C=O) groups excluding carboxylic acids is 1. The number of nitrogens with zero attached hydrogens (tertiary/aromatic N) is 2. The smallest absolute Gasteiger partial charge is 0.254 e. The van der Waals surface area contributed by atoms with Crippen LogP contribution in [0, 0.1) is 6.92 Å². The van der Waals surface area contributed by atoms with Crippen molar-refractivity contribution in [3.05, 3.63) is 69.1 Å². The van der Waals surface area contributed by atoms with Gasteiger partial charge >= 0.3 is 0 Å². The highest BCUT2D eigenvalue weighted by atomic mass is 35.5. The van der Waals surface area contributed by atoms with E-state index in [4.69, 9.17) is 16.3 Å². The van der Waals surface area contributed by atoms with Crippen LogP contribution in [-0.2, 0) is 11.8 Å². The maximum atomic E-state index is 12.4. The number of amides is 1. The molecule has 1 aromatic carbocycles. The summed E-state index contributed by atoms with van der Waals surface area (Å²) >= 11 is 6.11. The molecule has 0 atom stereocenters. The van der Waals surface area contributed by atoms with Gasteiger partial charge < -0.3 is 14.2 Å². The lowest BCUT2D eigenvalue weighted by atomic mass is 10.1. The fraction of sp³-hybridized carbons (Fsp3) is 0.333. The first-order valence-corrected chi connectivity index (χ1v) is 9.37. The number of carbonyl (C=O) groups is 1. The first-order valence-electron chi connectivity index (χ1n) is 9.00. The summed E-state index contributed by atoms with van der Waals surface area (Å²) in [6.45, 7) is 3.13. The number of hydrogen-bond acceptors (Lipinski definition) is 3. The Morgan fingerprint density at radius 3 is 2.59 bits per heavy atom. The Kier molecular flexibility index (Phi) is 6.01. The van der Waals surface area contributed by atoms with Crippen molar-refractivity contribution in [3.63, 3.8) is 0 Å². The number of halogens is 1. The molecule has 2 aromatic rings. The molecule has 1 aliphatic rings. The van der Waals surface area contributed by atoms with Gasteiger partial charge in [-0.1, -0.05) is 29.8 Å². The van der Waals surface area contributed by atoms with E-state index in [1.54, 1.807) is 29.8 Å². The van der Waals surface area contributed by atoms with Crippen LogP contribution in [0.2, 0.25) is 5.02 Å². The molecular weight excluding hydrogens is 364 g/mol. The van der Waals surface area contributed by atoms with Gasteiger partial charge in [0.1, 0.15) is 11.9 Å². The Morgan fingerprint density at radius 2 is 1.93 bits per heavy atom. The van der Waals surface area contributed by atoms with E-state index in [9.17, 15) is 9.59 Å². The van der Waals surface area contributed by atoms with Gasteiger partial charge in [-0.05, 0) is 30.7 Å². The second-order valence-corrected chi connectivity index (χ2v) is 7.13. The molecule has 142 valence electrons. The molecule has 0 radical (unpaired) electrons. The SMILES string of the molecule is Cc1cc(OC2CCN(C(=O)/C=C/c3ccccc3Cl)CC2)cc(=O)n1C. The van der Waals surface area contributed by atoms with Gasteiger partial charge in [-0.3, -0.25) is 9.59 Å². The number of hydrogen-bond donors (Lipinski definition) is 0. The molecule has 3 rings (SSSR count). The summed E-state index contributed by atoms with van der Waals surface area (Å²) in [4.78, 5) is 26.1. The Balaban J connectivity index is 1.55. The van der Waals surface area contributed by atoms with Crippen LogP contribution < -0.4 is 10.3 Å². The zero-order valence-electron chi connectivity index (χ0n) is 15.5. The molecule has 0 bridgehead atoms. The molecule has 1 aromatic heterocycles. The maximum absolute atomic E-state index is 12.4. The second kappa shape index (κ2) is 8.44. The van der Waals surface area contributed by atoms with Crippen molar-refractivity contribution in [1.82, 2.24) is 9.47 Å². The number of rotatable bonds is 4. The van der Waals surface area contributed by atoms with Gasteiger partial charge in [0.05, 0.1) is 0 Å². The molecule has 1 fully saturated rings. The zero-order chi connectivity index (χ0) is 19.4. The molecule has 1 amide bonds. The van der Waals surface area contributed by atoms with Crippen molar-refractivity contribution in [3.8, 4) is 5.75 Å². The summed E-state index contributed by atoms with van der Waals surface area (Å²) in [6, 6.07) is 10.8. The van der Waals surface area contributed by atoms with Gasteiger partial charge in [0, 0.05) is 55.8 Å². The standard InChI is InChI=1S/C21H23ClN2O3/c1-15-13-18(14-21(26)23(15)2)27-17-9-11-24(12-10-17)20(25)8-7-16-5-3-4-6-19(16)22/h3-8,13-14,17H,9-12H2,1-2H3/b8-7+. The van der Waals surface area contributed by atoms with Crippen LogP contribution in [0.15, 0.2) is 47.3 Å². The number of ether oxygens (including phenoxy) is 1. The van der Waals surface area contributed by atoms with Crippen LogP contribution in [0.1, 0.15) is 24.1 Å². The predicted octanol–water partition coefficient (Wildman–Crippen LogP) is 3.43. The molecule has 1 saturated heterocycles. The number of pyridine rings is 1. The average Bonchev–Trinajstić information content (AvgIpc) is 2.66. The highest BCUT2D eigenvalue weighted by Gasteiger charge is 2.23. The molecule has 0 aliphatic carbocycles. The van der Waals surface area contributed by atoms with E-state index in [1.165, 1.54) is 6.07 Å². The first-order chi connectivity index (χ1) is 12.9. The lowest BCUT2D eigenvalue weighted by Crippen LogP contribution is -2.41. The van der Waals surface area contributed by atoms with Crippen molar-refractivity contribution < 1.29 is 9.53 Å². The van der Waals surface area contributed by atoms with Gasteiger partial charge in [-0.25, -0.2) is 0 Å². The summed E-state index contributed by atoms with van der Waals surface area (Å²) in [6.07, 6.45) is 4.79. The third-order valence-corrected chi connectivity index (χ3v) is 5.19. The van der Waals surface area contributed by atoms with Crippen molar-refractivity contribution in [2.45, 2.75) is 25.9 Å². The van der Waals surface area contributed by atoms with Crippen molar-refractivity contribution >= 4 is 23.6 Å². The molecule has 1 aliphatic heterocycles. The van der Waals surface area contributed by atoms with E-state index < -0.39 is 0 Å². The number of piperidine rings is 1.